The van der Waals surface area contributed by atoms with Crippen LogP contribution in [-0.2, 0) is 11.8 Å². The molecule has 0 N–H and O–H groups in total. The van der Waals surface area contributed by atoms with Crippen LogP contribution in [0.15, 0.2) is 73.4 Å². The zero-order valence-electron chi connectivity index (χ0n) is 15.5. The molecule has 146 valence electrons. The molecular formula is C21H17FN4O3. The van der Waals surface area contributed by atoms with E-state index in [9.17, 15) is 14.0 Å². The van der Waals surface area contributed by atoms with Crippen LogP contribution in [0.2, 0.25) is 0 Å². The number of esters is 1. The normalized spacial score (nSPS) is 10.8. The first-order valence-corrected chi connectivity index (χ1v) is 8.82. The molecule has 4 rings (SSSR count). The molecule has 0 aliphatic heterocycles. The Balaban J connectivity index is 1.62. The van der Waals surface area contributed by atoms with Gasteiger partial charge in [-0.1, -0.05) is 0 Å². The van der Waals surface area contributed by atoms with Gasteiger partial charge >= 0.3 is 5.97 Å². The Kier molecular flexibility index (Phi) is 4.82. The number of ketones is 1. The van der Waals surface area contributed by atoms with Crippen LogP contribution >= 0.6 is 0 Å². The second-order valence-electron chi connectivity index (χ2n) is 6.43. The molecule has 0 unspecified atom stereocenters. The maximum absolute atomic E-state index is 13.3. The number of rotatable bonds is 6. The predicted molar refractivity (Wildman–Crippen MR) is 103 cm³/mol. The summed E-state index contributed by atoms with van der Waals surface area (Å²) < 4.78 is 23.5. The minimum atomic E-state index is -0.675. The topological polar surface area (TPSA) is 71.1 Å². The largest absolute Gasteiger partial charge is 0.454 e. The zero-order valence-corrected chi connectivity index (χ0v) is 15.5. The van der Waals surface area contributed by atoms with Gasteiger partial charge in [-0.3, -0.25) is 4.79 Å². The van der Waals surface area contributed by atoms with Crippen molar-refractivity contribution in [3.63, 3.8) is 0 Å². The maximum atomic E-state index is 13.3. The summed E-state index contributed by atoms with van der Waals surface area (Å²) in [7, 11) is 1.80. The van der Waals surface area contributed by atoms with Gasteiger partial charge in [0.25, 0.3) is 0 Å². The molecule has 7 nitrogen and oxygen atoms in total. The molecule has 0 aliphatic rings. The van der Waals surface area contributed by atoms with Gasteiger partial charge in [0.15, 0.2) is 12.4 Å². The first-order chi connectivity index (χ1) is 14.0. The van der Waals surface area contributed by atoms with Gasteiger partial charge in [0.2, 0.25) is 5.78 Å². The highest BCUT2D eigenvalue weighted by Crippen LogP contribution is 2.21. The standard InChI is InChI=1S/C21H17FN4O3/c1-24-11-8-15(13-24)19(27)14-29-21(28)18-12-23-26(17-6-4-16(22)5-7-17)20(18)25-9-2-3-10-25/h2-13H,14H2,1H3. The van der Waals surface area contributed by atoms with Crippen LogP contribution in [0.4, 0.5) is 4.39 Å². The quantitative estimate of drug-likeness (QED) is 0.373. The Morgan fingerprint density at radius 1 is 1.07 bits per heavy atom. The van der Waals surface area contributed by atoms with Crippen LogP contribution in [0, 0.1) is 5.82 Å². The third-order valence-electron chi connectivity index (χ3n) is 4.37. The number of halogens is 1. The number of nitrogens with zero attached hydrogens (tertiary/aromatic N) is 4. The van der Waals surface area contributed by atoms with Gasteiger partial charge in [0.1, 0.15) is 11.4 Å². The van der Waals surface area contributed by atoms with Crippen LogP contribution in [0.3, 0.4) is 0 Å². The molecule has 0 saturated heterocycles. The fraction of sp³-hybridized carbons (Fsp3) is 0.0952. The second-order valence-corrected chi connectivity index (χ2v) is 6.43. The van der Waals surface area contributed by atoms with Gasteiger partial charge < -0.3 is 13.9 Å². The zero-order chi connectivity index (χ0) is 20.4. The SMILES string of the molecule is Cn1ccc(C(=O)COC(=O)c2cnn(-c3ccc(F)cc3)c2-n2cccc2)c1. The molecule has 0 bridgehead atoms. The summed E-state index contributed by atoms with van der Waals surface area (Å²) in [5, 5.41) is 4.27. The Hall–Kier alpha value is -3.94. The average Bonchev–Trinajstić information content (AvgIpc) is 3.46. The van der Waals surface area contributed by atoms with E-state index in [1.54, 1.807) is 71.3 Å². The van der Waals surface area contributed by atoms with E-state index in [1.165, 1.54) is 23.0 Å². The van der Waals surface area contributed by atoms with Gasteiger partial charge in [-0.15, -0.1) is 0 Å². The van der Waals surface area contributed by atoms with Gasteiger partial charge in [0, 0.05) is 37.4 Å². The van der Waals surface area contributed by atoms with E-state index in [1.807, 2.05) is 0 Å². The van der Waals surface area contributed by atoms with Crippen molar-refractivity contribution >= 4 is 11.8 Å². The van der Waals surface area contributed by atoms with Crippen LogP contribution in [0.5, 0.6) is 0 Å². The van der Waals surface area contributed by atoms with Crippen molar-refractivity contribution in [3.8, 4) is 11.5 Å². The third-order valence-corrected chi connectivity index (χ3v) is 4.37. The van der Waals surface area contributed by atoms with Crippen LogP contribution < -0.4 is 0 Å². The van der Waals surface area contributed by atoms with Crippen LogP contribution in [0.1, 0.15) is 20.7 Å². The molecule has 1 aromatic carbocycles. The van der Waals surface area contributed by atoms with E-state index in [-0.39, 0.29) is 23.8 Å². The Morgan fingerprint density at radius 3 is 2.45 bits per heavy atom. The molecular weight excluding hydrogens is 375 g/mol. The van der Waals surface area contributed by atoms with Crippen molar-refractivity contribution in [2.45, 2.75) is 0 Å². The summed E-state index contributed by atoms with van der Waals surface area (Å²) in [5.41, 5.74) is 1.23. The molecule has 0 radical (unpaired) electrons. The third kappa shape index (κ3) is 3.73. The smallest absolute Gasteiger partial charge is 0.344 e. The highest BCUT2D eigenvalue weighted by atomic mass is 19.1. The number of aryl methyl sites for hydroxylation is 1. The van der Waals surface area contributed by atoms with Crippen LogP contribution in [0.25, 0.3) is 11.5 Å². The van der Waals surface area contributed by atoms with E-state index in [4.69, 9.17) is 4.74 Å². The fourth-order valence-electron chi connectivity index (χ4n) is 2.94. The number of hydrogen-bond donors (Lipinski definition) is 0. The van der Waals surface area contributed by atoms with Crippen molar-refractivity contribution in [2.75, 3.05) is 6.61 Å². The van der Waals surface area contributed by atoms with E-state index < -0.39 is 5.97 Å². The first-order valence-electron chi connectivity index (χ1n) is 8.82. The van der Waals surface area contributed by atoms with Crippen molar-refractivity contribution in [1.29, 1.82) is 0 Å². The minimum Gasteiger partial charge on any atom is -0.454 e. The van der Waals surface area contributed by atoms with Crippen molar-refractivity contribution in [1.82, 2.24) is 18.9 Å². The summed E-state index contributed by atoms with van der Waals surface area (Å²) in [6, 6.07) is 11.0. The second kappa shape index (κ2) is 7.59. The number of carbonyl (C=O) groups is 2. The molecule has 0 amide bonds. The summed E-state index contributed by atoms with van der Waals surface area (Å²) in [6.07, 6.45) is 8.28. The molecule has 0 aliphatic carbocycles. The minimum absolute atomic E-state index is 0.186. The van der Waals surface area contributed by atoms with Gasteiger partial charge in [-0.2, -0.15) is 5.10 Å². The summed E-state index contributed by atoms with van der Waals surface area (Å²) in [6.45, 7) is -0.379. The molecule has 3 aromatic heterocycles. The van der Waals surface area contributed by atoms with Gasteiger partial charge in [0.05, 0.1) is 11.9 Å². The molecule has 8 heteroatoms. The van der Waals surface area contributed by atoms with Crippen LogP contribution in [-0.4, -0.2) is 37.3 Å². The monoisotopic (exact) mass is 392 g/mol. The van der Waals surface area contributed by atoms with Crippen molar-refractivity contribution in [3.05, 3.63) is 90.4 Å². The van der Waals surface area contributed by atoms with E-state index in [0.29, 0.717) is 17.1 Å². The summed E-state index contributed by atoms with van der Waals surface area (Å²) >= 11 is 0. The van der Waals surface area contributed by atoms with Crippen molar-refractivity contribution in [2.24, 2.45) is 7.05 Å². The molecule has 0 fully saturated rings. The average molecular weight is 392 g/mol. The number of ether oxygens (including phenoxy) is 1. The molecule has 0 atom stereocenters. The Morgan fingerprint density at radius 2 is 1.79 bits per heavy atom. The number of aromatic nitrogens is 4. The lowest BCUT2D eigenvalue weighted by Crippen LogP contribution is -2.16. The highest BCUT2D eigenvalue weighted by Gasteiger charge is 2.22. The molecule has 0 saturated carbocycles. The lowest BCUT2D eigenvalue weighted by Gasteiger charge is -2.11. The fourth-order valence-corrected chi connectivity index (χ4v) is 2.94. The lowest BCUT2D eigenvalue weighted by atomic mass is 10.2. The summed E-state index contributed by atoms with van der Waals surface area (Å²) in [5.74, 6) is -0.917. The Bertz CT molecular complexity index is 1160. The number of Topliss-reactive ketones (excluding diaryl/α,β-unsaturated/α-hetero) is 1. The first kappa shape index (κ1) is 18.4. The molecule has 4 aromatic rings. The highest BCUT2D eigenvalue weighted by molar-refractivity contribution is 6.00. The van der Waals surface area contributed by atoms with Crippen molar-refractivity contribution < 1.29 is 18.7 Å². The van der Waals surface area contributed by atoms with E-state index >= 15 is 0 Å². The number of carbonyl (C=O) groups excluding carboxylic acids is 2. The molecule has 3 heterocycles. The van der Waals surface area contributed by atoms with Gasteiger partial charge in [-0.25, -0.2) is 13.9 Å². The van der Waals surface area contributed by atoms with E-state index in [0.717, 1.165) is 0 Å². The predicted octanol–water partition coefficient (Wildman–Crippen LogP) is 3.18. The van der Waals surface area contributed by atoms with E-state index in [2.05, 4.69) is 5.10 Å². The maximum Gasteiger partial charge on any atom is 0.344 e. The summed E-state index contributed by atoms with van der Waals surface area (Å²) in [4.78, 5) is 24.9. The number of benzene rings is 1. The molecule has 29 heavy (non-hydrogen) atoms. The Labute approximate surface area is 165 Å². The molecule has 0 spiro atoms. The lowest BCUT2D eigenvalue weighted by molar-refractivity contribution is 0.0474. The van der Waals surface area contributed by atoms with Gasteiger partial charge in [-0.05, 0) is 42.5 Å². The number of hydrogen-bond acceptors (Lipinski definition) is 4.